The number of aromatic nitrogens is 1. The number of pyridine rings is 1. The summed E-state index contributed by atoms with van der Waals surface area (Å²) in [6, 6.07) is 10.2. The SMILES string of the molecule is CC(C)C(C)(N)c1cccc2ncccc12. The summed E-state index contributed by atoms with van der Waals surface area (Å²) >= 11 is 0. The molecule has 0 radical (unpaired) electrons. The normalized spacial score (nSPS) is 15.3. The van der Waals surface area contributed by atoms with Crippen LogP contribution >= 0.6 is 0 Å². The molecule has 0 saturated carbocycles. The Labute approximate surface area is 96.5 Å². The zero-order valence-corrected chi connectivity index (χ0v) is 10.1. The Morgan fingerprint density at radius 3 is 2.62 bits per heavy atom. The van der Waals surface area contributed by atoms with Crippen LogP contribution in [0.4, 0.5) is 0 Å². The van der Waals surface area contributed by atoms with E-state index in [1.807, 2.05) is 24.4 Å². The average Bonchev–Trinajstić information content (AvgIpc) is 2.28. The van der Waals surface area contributed by atoms with Gasteiger partial charge in [-0.2, -0.15) is 0 Å². The van der Waals surface area contributed by atoms with Crippen molar-refractivity contribution in [2.45, 2.75) is 26.3 Å². The Morgan fingerprint density at radius 1 is 1.19 bits per heavy atom. The summed E-state index contributed by atoms with van der Waals surface area (Å²) in [6.45, 7) is 6.38. The second kappa shape index (κ2) is 3.87. The molecule has 0 amide bonds. The molecule has 0 aliphatic rings. The molecule has 1 atom stereocenters. The summed E-state index contributed by atoms with van der Waals surface area (Å²) in [7, 11) is 0. The number of nitrogens with zero attached hydrogens (tertiary/aromatic N) is 1. The van der Waals surface area contributed by atoms with E-state index in [-0.39, 0.29) is 5.54 Å². The predicted octanol–water partition coefficient (Wildman–Crippen LogP) is 3.06. The van der Waals surface area contributed by atoms with Gasteiger partial charge in [-0.25, -0.2) is 0 Å². The fourth-order valence-corrected chi connectivity index (χ4v) is 1.88. The summed E-state index contributed by atoms with van der Waals surface area (Å²) in [4.78, 5) is 4.36. The lowest BCUT2D eigenvalue weighted by molar-refractivity contribution is 0.353. The molecule has 2 nitrogen and oxygen atoms in total. The van der Waals surface area contributed by atoms with Gasteiger partial charge in [0.05, 0.1) is 5.52 Å². The van der Waals surface area contributed by atoms with Gasteiger partial charge in [-0.3, -0.25) is 4.98 Å². The van der Waals surface area contributed by atoms with Crippen LogP contribution in [-0.2, 0) is 5.54 Å². The molecule has 2 N–H and O–H groups in total. The molecule has 0 aliphatic heterocycles. The van der Waals surface area contributed by atoms with Gasteiger partial charge in [0.25, 0.3) is 0 Å². The highest BCUT2D eigenvalue weighted by Crippen LogP contribution is 2.31. The van der Waals surface area contributed by atoms with Crippen LogP contribution in [0.15, 0.2) is 36.5 Å². The van der Waals surface area contributed by atoms with Gasteiger partial charge in [-0.05, 0) is 30.5 Å². The molecular weight excluding hydrogens is 196 g/mol. The maximum Gasteiger partial charge on any atom is 0.0705 e. The second-order valence-electron chi connectivity index (χ2n) is 4.81. The van der Waals surface area contributed by atoms with Crippen molar-refractivity contribution in [1.82, 2.24) is 4.98 Å². The summed E-state index contributed by atoms with van der Waals surface area (Å²) in [5.74, 6) is 0.387. The summed E-state index contributed by atoms with van der Waals surface area (Å²) < 4.78 is 0. The third-order valence-electron chi connectivity index (χ3n) is 3.43. The van der Waals surface area contributed by atoms with Gasteiger partial charge in [-0.15, -0.1) is 0 Å². The van der Waals surface area contributed by atoms with Crippen molar-refractivity contribution in [3.05, 3.63) is 42.1 Å². The van der Waals surface area contributed by atoms with E-state index in [0.29, 0.717) is 5.92 Å². The molecule has 0 bridgehead atoms. The lowest BCUT2D eigenvalue weighted by Crippen LogP contribution is -2.38. The minimum atomic E-state index is -0.317. The first kappa shape index (κ1) is 11.1. The number of benzene rings is 1. The van der Waals surface area contributed by atoms with Crippen LogP contribution in [-0.4, -0.2) is 4.98 Å². The zero-order valence-electron chi connectivity index (χ0n) is 10.1. The fraction of sp³-hybridized carbons (Fsp3) is 0.357. The van der Waals surface area contributed by atoms with E-state index in [1.165, 1.54) is 5.56 Å². The van der Waals surface area contributed by atoms with Gasteiger partial charge < -0.3 is 5.73 Å². The van der Waals surface area contributed by atoms with Crippen molar-refractivity contribution in [2.75, 3.05) is 0 Å². The fourth-order valence-electron chi connectivity index (χ4n) is 1.88. The van der Waals surface area contributed by atoms with E-state index in [4.69, 9.17) is 5.73 Å². The molecule has 16 heavy (non-hydrogen) atoms. The van der Waals surface area contributed by atoms with Crippen LogP contribution in [0.2, 0.25) is 0 Å². The number of hydrogen-bond donors (Lipinski definition) is 1. The molecule has 2 aromatic rings. The molecule has 1 heterocycles. The third kappa shape index (κ3) is 1.69. The average molecular weight is 214 g/mol. The lowest BCUT2D eigenvalue weighted by atomic mass is 9.81. The summed E-state index contributed by atoms with van der Waals surface area (Å²) in [5, 5.41) is 1.16. The number of nitrogens with two attached hydrogens (primary N) is 1. The highest BCUT2D eigenvalue weighted by Gasteiger charge is 2.26. The first-order chi connectivity index (χ1) is 7.53. The Bertz CT molecular complexity index is 496. The van der Waals surface area contributed by atoms with Crippen LogP contribution in [0.25, 0.3) is 10.9 Å². The molecule has 0 saturated heterocycles. The quantitative estimate of drug-likeness (QED) is 0.834. The van der Waals surface area contributed by atoms with E-state index in [2.05, 4.69) is 37.9 Å². The second-order valence-corrected chi connectivity index (χ2v) is 4.81. The smallest absolute Gasteiger partial charge is 0.0705 e. The molecule has 1 aromatic heterocycles. The summed E-state index contributed by atoms with van der Waals surface area (Å²) in [6.07, 6.45) is 1.81. The lowest BCUT2D eigenvalue weighted by Gasteiger charge is -2.30. The topological polar surface area (TPSA) is 38.9 Å². The molecule has 1 unspecified atom stereocenters. The maximum absolute atomic E-state index is 6.42. The van der Waals surface area contributed by atoms with Gasteiger partial charge in [-0.1, -0.05) is 32.0 Å². The molecule has 0 aliphatic carbocycles. The van der Waals surface area contributed by atoms with E-state index < -0.39 is 0 Å². The largest absolute Gasteiger partial charge is 0.321 e. The first-order valence-electron chi connectivity index (χ1n) is 5.66. The van der Waals surface area contributed by atoms with Crippen LogP contribution in [0.5, 0.6) is 0 Å². The molecule has 1 aromatic carbocycles. The summed E-state index contributed by atoms with van der Waals surface area (Å²) in [5.41, 5.74) is 8.29. The molecule has 84 valence electrons. The van der Waals surface area contributed by atoms with Crippen molar-refractivity contribution in [2.24, 2.45) is 11.7 Å². The number of hydrogen-bond acceptors (Lipinski definition) is 2. The maximum atomic E-state index is 6.42. The molecule has 0 spiro atoms. The highest BCUT2D eigenvalue weighted by atomic mass is 14.7. The minimum absolute atomic E-state index is 0.317. The van der Waals surface area contributed by atoms with Crippen molar-refractivity contribution >= 4 is 10.9 Å². The standard InChI is InChI=1S/C14H18N2/c1-10(2)14(3,15)12-7-4-8-13-11(12)6-5-9-16-13/h4-10H,15H2,1-3H3. The van der Waals surface area contributed by atoms with Crippen molar-refractivity contribution in [3.63, 3.8) is 0 Å². The van der Waals surface area contributed by atoms with Gasteiger partial charge in [0.15, 0.2) is 0 Å². The minimum Gasteiger partial charge on any atom is -0.321 e. The van der Waals surface area contributed by atoms with Crippen molar-refractivity contribution < 1.29 is 0 Å². The van der Waals surface area contributed by atoms with Gasteiger partial charge in [0.1, 0.15) is 0 Å². The van der Waals surface area contributed by atoms with Crippen LogP contribution in [0, 0.1) is 5.92 Å². The van der Waals surface area contributed by atoms with E-state index in [9.17, 15) is 0 Å². The van der Waals surface area contributed by atoms with Crippen molar-refractivity contribution in [1.29, 1.82) is 0 Å². The predicted molar refractivity (Wildman–Crippen MR) is 68.1 cm³/mol. The monoisotopic (exact) mass is 214 g/mol. The Hall–Kier alpha value is -1.41. The third-order valence-corrected chi connectivity index (χ3v) is 3.43. The number of fused-ring (bicyclic) bond motifs is 1. The van der Waals surface area contributed by atoms with Crippen LogP contribution in [0.1, 0.15) is 26.3 Å². The van der Waals surface area contributed by atoms with Crippen LogP contribution < -0.4 is 5.73 Å². The van der Waals surface area contributed by atoms with Gasteiger partial charge in [0.2, 0.25) is 0 Å². The Balaban J connectivity index is 2.70. The molecule has 2 rings (SSSR count). The Kier molecular flexibility index (Phi) is 2.68. The Morgan fingerprint density at radius 2 is 1.94 bits per heavy atom. The van der Waals surface area contributed by atoms with E-state index in [0.717, 1.165) is 10.9 Å². The van der Waals surface area contributed by atoms with Crippen molar-refractivity contribution in [3.8, 4) is 0 Å². The first-order valence-corrected chi connectivity index (χ1v) is 5.66. The van der Waals surface area contributed by atoms with E-state index in [1.54, 1.807) is 0 Å². The van der Waals surface area contributed by atoms with Gasteiger partial charge in [0, 0.05) is 17.1 Å². The molecule has 0 fully saturated rings. The molecule has 2 heteroatoms. The zero-order chi connectivity index (χ0) is 11.8. The van der Waals surface area contributed by atoms with E-state index >= 15 is 0 Å². The van der Waals surface area contributed by atoms with Gasteiger partial charge >= 0.3 is 0 Å². The van der Waals surface area contributed by atoms with Crippen LogP contribution in [0.3, 0.4) is 0 Å². The number of rotatable bonds is 2. The highest BCUT2D eigenvalue weighted by molar-refractivity contribution is 5.83. The molecular formula is C14H18N2.